The number of hydrogen-bond donors (Lipinski definition) is 1. The van der Waals surface area contributed by atoms with Gasteiger partial charge in [-0.15, -0.1) is 0 Å². The van der Waals surface area contributed by atoms with Crippen LogP contribution in [-0.4, -0.2) is 18.6 Å². The van der Waals surface area contributed by atoms with Crippen LogP contribution in [0, 0.1) is 5.92 Å². The predicted octanol–water partition coefficient (Wildman–Crippen LogP) is 3.18. The Morgan fingerprint density at radius 3 is 2.53 bits per heavy atom. The maximum Gasteiger partial charge on any atom is 0.136 e. The van der Waals surface area contributed by atoms with Crippen LogP contribution in [0.2, 0.25) is 0 Å². The van der Waals surface area contributed by atoms with Gasteiger partial charge in [-0.25, -0.2) is 4.98 Å². The highest BCUT2D eigenvalue weighted by atomic mass is 15.2. The summed E-state index contributed by atoms with van der Waals surface area (Å²) in [7, 11) is 2.11. The van der Waals surface area contributed by atoms with Crippen molar-refractivity contribution in [3.05, 3.63) is 36.0 Å². The van der Waals surface area contributed by atoms with E-state index < -0.39 is 0 Å². The van der Waals surface area contributed by atoms with Crippen molar-refractivity contribution < 1.29 is 0 Å². The average Bonchev–Trinajstić information content (AvgIpc) is 2.43. The van der Waals surface area contributed by atoms with E-state index >= 15 is 0 Å². The molecule has 1 aromatic heterocycles. The van der Waals surface area contributed by atoms with E-state index in [1.165, 1.54) is 17.2 Å². The van der Waals surface area contributed by atoms with Crippen molar-refractivity contribution in [2.24, 2.45) is 11.7 Å². The Morgan fingerprint density at radius 2 is 1.89 bits per heavy atom. The van der Waals surface area contributed by atoms with E-state index in [4.69, 9.17) is 5.73 Å². The first kappa shape index (κ1) is 13.8. The lowest BCUT2D eigenvalue weighted by atomic mass is 10.1. The van der Waals surface area contributed by atoms with Crippen LogP contribution >= 0.6 is 0 Å². The summed E-state index contributed by atoms with van der Waals surface area (Å²) in [4.78, 5) is 6.84. The number of pyridine rings is 1. The molecule has 3 nitrogen and oxygen atoms in total. The van der Waals surface area contributed by atoms with Crippen molar-refractivity contribution in [2.75, 3.05) is 18.5 Å². The largest absolute Gasteiger partial charge is 0.359 e. The lowest BCUT2D eigenvalue weighted by Gasteiger charge is -2.21. The van der Waals surface area contributed by atoms with Crippen molar-refractivity contribution in [1.29, 1.82) is 0 Å². The van der Waals surface area contributed by atoms with Gasteiger partial charge in [0.05, 0.1) is 0 Å². The number of anilines is 1. The minimum absolute atomic E-state index is 0.531. The van der Waals surface area contributed by atoms with Crippen LogP contribution in [0.3, 0.4) is 0 Å². The maximum atomic E-state index is 5.79. The standard InChI is InChI=1S/C16H23N3/c1-12(2)8-9-19(3)16-15-7-5-4-6-14(15)13(10-17)11-18-16/h4-7,11-12H,8-10,17H2,1-3H3. The first-order valence-corrected chi connectivity index (χ1v) is 6.91. The molecule has 2 rings (SSSR count). The predicted molar refractivity (Wildman–Crippen MR) is 82.4 cm³/mol. The number of fused-ring (bicyclic) bond motifs is 1. The Morgan fingerprint density at radius 1 is 1.21 bits per heavy atom. The van der Waals surface area contributed by atoms with E-state index in [1.807, 2.05) is 6.20 Å². The van der Waals surface area contributed by atoms with Crippen LogP contribution in [-0.2, 0) is 6.54 Å². The summed E-state index contributed by atoms with van der Waals surface area (Å²) in [5.74, 6) is 1.76. The van der Waals surface area contributed by atoms with E-state index in [0.717, 1.165) is 17.9 Å². The molecule has 1 heterocycles. The lowest BCUT2D eigenvalue weighted by Crippen LogP contribution is -2.21. The highest BCUT2D eigenvalue weighted by Gasteiger charge is 2.10. The van der Waals surface area contributed by atoms with Gasteiger partial charge in [-0.1, -0.05) is 38.1 Å². The quantitative estimate of drug-likeness (QED) is 0.894. The number of nitrogens with zero attached hydrogens (tertiary/aromatic N) is 2. The van der Waals surface area contributed by atoms with Gasteiger partial charge in [0.2, 0.25) is 0 Å². The minimum atomic E-state index is 0.531. The number of nitrogens with two attached hydrogens (primary N) is 1. The van der Waals surface area contributed by atoms with Crippen LogP contribution < -0.4 is 10.6 Å². The summed E-state index contributed by atoms with van der Waals surface area (Å²) in [5.41, 5.74) is 6.89. The fourth-order valence-electron chi connectivity index (χ4n) is 2.26. The molecule has 0 saturated heterocycles. The Labute approximate surface area is 115 Å². The second kappa shape index (κ2) is 6.02. The Bertz CT molecular complexity index is 549. The van der Waals surface area contributed by atoms with Gasteiger partial charge < -0.3 is 10.6 Å². The number of hydrogen-bond acceptors (Lipinski definition) is 3. The fraction of sp³-hybridized carbons (Fsp3) is 0.438. The summed E-state index contributed by atoms with van der Waals surface area (Å²) in [6.07, 6.45) is 3.08. The second-order valence-electron chi connectivity index (χ2n) is 5.46. The zero-order valence-electron chi connectivity index (χ0n) is 12.1. The molecule has 0 saturated carbocycles. The summed E-state index contributed by atoms with van der Waals surface area (Å²) >= 11 is 0. The zero-order valence-corrected chi connectivity index (χ0v) is 12.1. The molecule has 0 amide bonds. The molecule has 0 fully saturated rings. The third-order valence-corrected chi connectivity index (χ3v) is 3.48. The van der Waals surface area contributed by atoms with Gasteiger partial charge in [0.15, 0.2) is 0 Å². The number of rotatable bonds is 5. The third-order valence-electron chi connectivity index (χ3n) is 3.48. The normalized spacial score (nSPS) is 11.2. The smallest absolute Gasteiger partial charge is 0.136 e. The molecule has 0 aliphatic rings. The Kier molecular flexibility index (Phi) is 4.38. The molecular weight excluding hydrogens is 234 g/mol. The van der Waals surface area contributed by atoms with Gasteiger partial charge in [0, 0.05) is 31.7 Å². The summed E-state index contributed by atoms with van der Waals surface area (Å²) < 4.78 is 0. The highest BCUT2D eigenvalue weighted by molar-refractivity contribution is 5.94. The van der Waals surface area contributed by atoms with Crippen LogP contribution in [0.25, 0.3) is 10.8 Å². The molecule has 19 heavy (non-hydrogen) atoms. The molecule has 0 aliphatic heterocycles. The lowest BCUT2D eigenvalue weighted by molar-refractivity contribution is 0.584. The van der Waals surface area contributed by atoms with Crippen molar-refractivity contribution in [3.8, 4) is 0 Å². The number of benzene rings is 1. The highest BCUT2D eigenvalue weighted by Crippen LogP contribution is 2.26. The zero-order chi connectivity index (χ0) is 13.8. The van der Waals surface area contributed by atoms with E-state index in [1.54, 1.807) is 0 Å². The molecule has 0 bridgehead atoms. The Balaban J connectivity index is 2.38. The van der Waals surface area contributed by atoms with Crippen molar-refractivity contribution >= 4 is 16.6 Å². The van der Waals surface area contributed by atoms with Gasteiger partial charge in [-0.3, -0.25) is 0 Å². The monoisotopic (exact) mass is 257 g/mol. The van der Waals surface area contributed by atoms with E-state index in [-0.39, 0.29) is 0 Å². The van der Waals surface area contributed by atoms with Gasteiger partial charge in [-0.2, -0.15) is 0 Å². The van der Waals surface area contributed by atoms with Crippen LogP contribution in [0.15, 0.2) is 30.5 Å². The van der Waals surface area contributed by atoms with Crippen molar-refractivity contribution in [3.63, 3.8) is 0 Å². The average molecular weight is 257 g/mol. The minimum Gasteiger partial charge on any atom is -0.359 e. The Hall–Kier alpha value is -1.61. The summed E-state index contributed by atoms with van der Waals surface area (Å²) in [6.45, 7) is 6.05. The topological polar surface area (TPSA) is 42.2 Å². The molecule has 0 atom stereocenters. The molecule has 2 N–H and O–H groups in total. The van der Waals surface area contributed by atoms with E-state index in [2.05, 4.69) is 55.0 Å². The van der Waals surface area contributed by atoms with Crippen molar-refractivity contribution in [2.45, 2.75) is 26.8 Å². The van der Waals surface area contributed by atoms with Gasteiger partial charge >= 0.3 is 0 Å². The maximum absolute atomic E-state index is 5.79. The molecule has 0 aliphatic carbocycles. The fourth-order valence-corrected chi connectivity index (χ4v) is 2.26. The van der Waals surface area contributed by atoms with Crippen molar-refractivity contribution in [1.82, 2.24) is 4.98 Å². The molecule has 3 heteroatoms. The molecule has 1 aromatic carbocycles. The summed E-state index contributed by atoms with van der Waals surface area (Å²) in [6, 6.07) is 8.37. The van der Waals surface area contributed by atoms with Gasteiger partial charge in [0.25, 0.3) is 0 Å². The van der Waals surface area contributed by atoms with Crippen LogP contribution in [0.1, 0.15) is 25.8 Å². The molecule has 0 unspecified atom stereocenters. The third kappa shape index (κ3) is 3.04. The number of aromatic nitrogens is 1. The van der Waals surface area contributed by atoms with Gasteiger partial charge in [0.1, 0.15) is 5.82 Å². The molecular formula is C16H23N3. The molecule has 0 radical (unpaired) electrons. The SMILES string of the molecule is CC(C)CCN(C)c1ncc(CN)c2ccccc12. The van der Waals surface area contributed by atoms with E-state index in [9.17, 15) is 0 Å². The van der Waals surface area contributed by atoms with E-state index in [0.29, 0.717) is 12.5 Å². The molecule has 0 spiro atoms. The van der Waals surface area contributed by atoms with Crippen LogP contribution in [0.5, 0.6) is 0 Å². The molecule has 102 valence electrons. The molecule has 2 aromatic rings. The summed E-state index contributed by atoms with van der Waals surface area (Å²) in [5, 5.41) is 2.41. The second-order valence-corrected chi connectivity index (χ2v) is 5.46. The first-order chi connectivity index (χ1) is 9.13. The van der Waals surface area contributed by atoms with Gasteiger partial charge in [-0.05, 0) is 23.3 Å². The van der Waals surface area contributed by atoms with Crippen LogP contribution in [0.4, 0.5) is 5.82 Å². The first-order valence-electron chi connectivity index (χ1n) is 6.91.